The van der Waals surface area contributed by atoms with Crippen LogP contribution in [0.4, 0.5) is 10.2 Å². The van der Waals surface area contributed by atoms with Gasteiger partial charge in [0.2, 0.25) is 0 Å². The lowest BCUT2D eigenvalue weighted by atomic mass is 10.1. The molecule has 0 radical (unpaired) electrons. The molecule has 0 unspecified atom stereocenters. The SMILES string of the molecule is Cc1nnc2sc3c(NCc4ccc(C(=O)N5CC[C@H](F)C5)cc4)ncnc3c2c1C. The predicted molar refractivity (Wildman–Crippen MR) is 119 cm³/mol. The van der Waals surface area contributed by atoms with E-state index < -0.39 is 6.17 Å². The van der Waals surface area contributed by atoms with Gasteiger partial charge >= 0.3 is 0 Å². The third kappa shape index (κ3) is 3.59. The van der Waals surface area contributed by atoms with Crippen LogP contribution in [0.2, 0.25) is 0 Å². The number of aromatic nitrogens is 4. The van der Waals surface area contributed by atoms with Crippen molar-refractivity contribution in [1.82, 2.24) is 25.1 Å². The molecule has 3 aromatic heterocycles. The van der Waals surface area contributed by atoms with Crippen molar-refractivity contribution in [2.75, 3.05) is 18.4 Å². The number of likely N-dealkylation sites (tertiary alicyclic amines) is 1. The Hall–Kier alpha value is -3.20. The van der Waals surface area contributed by atoms with Crippen molar-refractivity contribution in [2.24, 2.45) is 0 Å². The monoisotopic (exact) mass is 436 g/mol. The van der Waals surface area contributed by atoms with Crippen LogP contribution in [0.25, 0.3) is 20.4 Å². The molecule has 1 amide bonds. The first-order valence-electron chi connectivity index (χ1n) is 10.1. The number of aryl methyl sites for hydroxylation is 2. The summed E-state index contributed by atoms with van der Waals surface area (Å²) in [5.74, 6) is 0.630. The Morgan fingerprint density at radius 2 is 2.03 bits per heavy atom. The van der Waals surface area contributed by atoms with E-state index in [9.17, 15) is 9.18 Å². The van der Waals surface area contributed by atoms with Gasteiger partial charge in [0, 0.05) is 24.0 Å². The third-order valence-electron chi connectivity index (χ3n) is 5.74. The number of carbonyl (C=O) groups excluding carboxylic acids is 1. The highest BCUT2D eigenvalue weighted by Crippen LogP contribution is 2.36. The van der Waals surface area contributed by atoms with E-state index in [1.54, 1.807) is 23.4 Å². The summed E-state index contributed by atoms with van der Waals surface area (Å²) in [6, 6.07) is 7.40. The second-order valence-corrected chi connectivity index (χ2v) is 8.78. The van der Waals surface area contributed by atoms with Crippen molar-refractivity contribution in [2.45, 2.75) is 33.0 Å². The highest BCUT2D eigenvalue weighted by Gasteiger charge is 2.26. The number of nitrogens with zero attached hydrogens (tertiary/aromatic N) is 5. The lowest BCUT2D eigenvalue weighted by molar-refractivity contribution is 0.0783. The van der Waals surface area contributed by atoms with Gasteiger partial charge in [0.25, 0.3) is 5.91 Å². The maximum atomic E-state index is 13.4. The average Bonchev–Trinajstić information content (AvgIpc) is 3.39. The van der Waals surface area contributed by atoms with Crippen LogP contribution in [0.3, 0.4) is 0 Å². The molecule has 0 spiro atoms. The normalized spacial score (nSPS) is 16.4. The summed E-state index contributed by atoms with van der Waals surface area (Å²) in [6.07, 6.45) is 1.07. The van der Waals surface area contributed by atoms with Gasteiger partial charge in [0.05, 0.1) is 22.5 Å². The number of thiophene rings is 1. The Morgan fingerprint density at radius 1 is 1.23 bits per heavy atom. The Bertz CT molecular complexity index is 1290. The first-order valence-corrected chi connectivity index (χ1v) is 11.0. The zero-order chi connectivity index (χ0) is 21.5. The number of benzene rings is 1. The van der Waals surface area contributed by atoms with Gasteiger partial charge in [0.1, 0.15) is 23.1 Å². The summed E-state index contributed by atoms with van der Waals surface area (Å²) in [7, 11) is 0. The van der Waals surface area contributed by atoms with Crippen molar-refractivity contribution in [3.8, 4) is 0 Å². The van der Waals surface area contributed by atoms with Crippen LogP contribution in [0.15, 0.2) is 30.6 Å². The van der Waals surface area contributed by atoms with E-state index in [4.69, 9.17) is 0 Å². The number of halogens is 1. The van der Waals surface area contributed by atoms with Gasteiger partial charge in [-0.25, -0.2) is 14.4 Å². The first-order chi connectivity index (χ1) is 15.0. The van der Waals surface area contributed by atoms with Crippen molar-refractivity contribution >= 4 is 43.5 Å². The number of anilines is 1. The van der Waals surface area contributed by atoms with Crippen molar-refractivity contribution in [3.63, 3.8) is 0 Å². The summed E-state index contributed by atoms with van der Waals surface area (Å²) in [5, 5.41) is 12.9. The number of nitrogens with one attached hydrogen (secondary N) is 1. The topological polar surface area (TPSA) is 83.9 Å². The smallest absolute Gasteiger partial charge is 0.253 e. The minimum Gasteiger partial charge on any atom is -0.365 e. The summed E-state index contributed by atoms with van der Waals surface area (Å²) >= 11 is 1.52. The average molecular weight is 437 g/mol. The highest BCUT2D eigenvalue weighted by molar-refractivity contribution is 7.25. The fourth-order valence-corrected chi connectivity index (χ4v) is 4.94. The predicted octanol–water partition coefficient (Wildman–Crippen LogP) is 4.05. The maximum Gasteiger partial charge on any atom is 0.253 e. The van der Waals surface area contributed by atoms with E-state index in [-0.39, 0.29) is 12.5 Å². The van der Waals surface area contributed by atoms with Crippen LogP contribution in [0, 0.1) is 13.8 Å². The fraction of sp³-hybridized carbons (Fsp3) is 0.318. The number of alkyl halides is 1. The van der Waals surface area contributed by atoms with E-state index in [1.807, 2.05) is 26.0 Å². The van der Waals surface area contributed by atoms with E-state index >= 15 is 0 Å². The molecule has 0 aliphatic carbocycles. The van der Waals surface area contributed by atoms with Crippen LogP contribution < -0.4 is 5.32 Å². The van der Waals surface area contributed by atoms with E-state index in [0.29, 0.717) is 25.1 Å². The summed E-state index contributed by atoms with van der Waals surface area (Å²) < 4.78 is 14.3. The number of hydrogen-bond donors (Lipinski definition) is 1. The van der Waals surface area contributed by atoms with E-state index in [2.05, 4.69) is 25.5 Å². The van der Waals surface area contributed by atoms with Crippen LogP contribution in [-0.2, 0) is 6.54 Å². The molecular formula is C22H21FN6OS. The molecule has 31 heavy (non-hydrogen) atoms. The summed E-state index contributed by atoms with van der Waals surface area (Å²) in [6.45, 7) is 5.19. The molecule has 1 N–H and O–H groups in total. The molecule has 4 heterocycles. The standard InChI is InChI=1S/C22H21FN6OS/c1-12-13(2)27-28-21-17(12)18-19(31-21)20(26-11-25-18)24-9-14-3-5-15(6-4-14)22(30)29-8-7-16(23)10-29/h3-6,11,16H,7-10H2,1-2H3,(H,24,25,26)/t16-/m0/s1. The highest BCUT2D eigenvalue weighted by atomic mass is 32.1. The Balaban J connectivity index is 1.35. The van der Waals surface area contributed by atoms with Gasteiger partial charge in [-0.2, -0.15) is 5.10 Å². The van der Waals surface area contributed by atoms with Gasteiger partial charge in [-0.15, -0.1) is 16.4 Å². The van der Waals surface area contributed by atoms with Gasteiger partial charge in [0.15, 0.2) is 0 Å². The second kappa shape index (κ2) is 7.81. The molecule has 158 valence electrons. The molecule has 1 aliphatic heterocycles. The molecule has 0 saturated carbocycles. The number of carbonyl (C=O) groups is 1. The van der Waals surface area contributed by atoms with E-state index in [1.165, 1.54) is 11.3 Å². The Labute approximate surface area is 182 Å². The molecule has 9 heteroatoms. The number of amides is 1. The third-order valence-corrected chi connectivity index (χ3v) is 6.81. The van der Waals surface area contributed by atoms with Crippen LogP contribution in [0.5, 0.6) is 0 Å². The van der Waals surface area contributed by atoms with Crippen LogP contribution in [-0.4, -0.2) is 50.2 Å². The molecule has 1 atom stereocenters. The summed E-state index contributed by atoms with van der Waals surface area (Å²) in [4.78, 5) is 23.8. The minimum atomic E-state index is -0.912. The Morgan fingerprint density at radius 3 is 2.77 bits per heavy atom. The molecule has 5 rings (SSSR count). The fourth-order valence-electron chi connectivity index (χ4n) is 3.84. The van der Waals surface area contributed by atoms with Crippen molar-refractivity contribution < 1.29 is 9.18 Å². The van der Waals surface area contributed by atoms with Gasteiger partial charge in [-0.3, -0.25) is 4.79 Å². The lowest BCUT2D eigenvalue weighted by Gasteiger charge is -2.15. The maximum absolute atomic E-state index is 13.4. The second-order valence-electron chi connectivity index (χ2n) is 7.78. The quantitative estimate of drug-likeness (QED) is 0.520. The molecule has 7 nitrogen and oxygen atoms in total. The molecule has 1 saturated heterocycles. The zero-order valence-corrected chi connectivity index (χ0v) is 18.0. The molecule has 0 bridgehead atoms. The zero-order valence-electron chi connectivity index (χ0n) is 17.2. The van der Waals surface area contributed by atoms with Crippen molar-refractivity contribution in [1.29, 1.82) is 0 Å². The molecule has 4 aromatic rings. The molecule has 1 aromatic carbocycles. The van der Waals surface area contributed by atoms with Crippen LogP contribution >= 0.6 is 11.3 Å². The number of fused-ring (bicyclic) bond motifs is 3. The largest absolute Gasteiger partial charge is 0.365 e. The van der Waals surface area contributed by atoms with Crippen LogP contribution in [0.1, 0.15) is 33.6 Å². The summed E-state index contributed by atoms with van der Waals surface area (Å²) in [5.41, 5.74) is 4.45. The van der Waals surface area contributed by atoms with E-state index in [0.717, 1.165) is 43.1 Å². The molecule has 1 fully saturated rings. The Kier molecular flexibility index (Phi) is 4.97. The first kappa shape index (κ1) is 19.7. The minimum absolute atomic E-state index is 0.116. The van der Waals surface area contributed by atoms with Gasteiger partial charge in [-0.1, -0.05) is 12.1 Å². The van der Waals surface area contributed by atoms with Gasteiger partial charge in [-0.05, 0) is 43.5 Å². The molecular weight excluding hydrogens is 415 g/mol. The number of hydrogen-bond acceptors (Lipinski definition) is 7. The van der Waals surface area contributed by atoms with Crippen molar-refractivity contribution in [3.05, 3.63) is 53.0 Å². The van der Waals surface area contributed by atoms with Gasteiger partial charge < -0.3 is 10.2 Å². The molecule has 1 aliphatic rings. The lowest BCUT2D eigenvalue weighted by Crippen LogP contribution is -2.28. The number of rotatable bonds is 4.